The van der Waals surface area contributed by atoms with Crippen molar-refractivity contribution in [2.24, 2.45) is 0 Å². The second-order valence-corrected chi connectivity index (χ2v) is 4.66. The van der Waals surface area contributed by atoms with Gasteiger partial charge in [-0.1, -0.05) is 12.1 Å². The van der Waals surface area contributed by atoms with Crippen LogP contribution in [0.1, 0.15) is 10.4 Å². The highest BCUT2D eigenvalue weighted by Gasteiger charge is 2.13. The maximum Gasteiger partial charge on any atom is 0.420 e. The van der Waals surface area contributed by atoms with Crippen LogP contribution in [0.2, 0.25) is 0 Å². The molecular weight excluding hydrogens is 300 g/mol. The normalized spacial score (nSPS) is 10.4. The van der Waals surface area contributed by atoms with Crippen LogP contribution in [0.25, 0.3) is 11.1 Å². The fraction of sp³-hybridized carbons (Fsp3) is 0.0667. The molecule has 0 aliphatic rings. The molecule has 0 aliphatic carbocycles. The third kappa shape index (κ3) is 3.10. The molecule has 2 aromatic heterocycles. The highest BCUT2D eigenvalue weighted by molar-refractivity contribution is 5.95. The van der Waals surface area contributed by atoms with Gasteiger partial charge in [0.2, 0.25) is 0 Å². The van der Waals surface area contributed by atoms with E-state index >= 15 is 0 Å². The minimum atomic E-state index is -0.637. The highest BCUT2D eigenvalue weighted by Crippen LogP contribution is 2.11. The Morgan fingerprint density at radius 1 is 1.09 bits per heavy atom. The van der Waals surface area contributed by atoms with Crippen LogP contribution in [0.4, 0.5) is 0 Å². The van der Waals surface area contributed by atoms with E-state index in [1.165, 1.54) is 29.1 Å². The SMILES string of the molecule is O=C(Cn1c(=O)oc2ccccc21)NNC(=O)c1ccncc1. The number of para-hydroxylation sites is 2. The van der Waals surface area contributed by atoms with E-state index in [4.69, 9.17) is 4.42 Å². The number of benzene rings is 1. The van der Waals surface area contributed by atoms with Crippen molar-refractivity contribution >= 4 is 22.9 Å². The quantitative estimate of drug-likeness (QED) is 0.683. The molecule has 8 heteroatoms. The van der Waals surface area contributed by atoms with Gasteiger partial charge in [0.1, 0.15) is 6.54 Å². The number of fused-ring (bicyclic) bond motifs is 1. The summed E-state index contributed by atoms with van der Waals surface area (Å²) in [4.78, 5) is 39.2. The van der Waals surface area contributed by atoms with Gasteiger partial charge in [-0.05, 0) is 24.3 Å². The van der Waals surface area contributed by atoms with Gasteiger partial charge in [-0.25, -0.2) is 4.79 Å². The maximum atomic E-state index is 11.9. The fourth-order valence-electron chi connectivity index (χ4n) is 2.05. The molecule has 0 spiro atoms. The summed E-state index contributed by atoms with van der Waals surface area (Å²) < 4.78 is 6.21. The number of carbonyl (C=O) groups is 2. The molecular formula is C15H12N4O4. The molecule has 1 aromatic carbocycles. The van der Waals surface area contributed by atoms with Crippen molar-refractivity contribution in [3.63, 3.8) is 0 Å². The van der Waals surface area contributed by atoms with Crippen molar-refractivity contribution in [3.8, 4) is 0 Å². The van der Waals surface area contributed by atoms with E-state index in [2.05, 4.69) is 15.8 Å². The van der Waals surface area contributed by atoms with Crippen LogP contribution in [0, 0.1) is 0 Å². The average Bonchev–Trinajstić information content (AvgIpc) is 2.89. The van der Waals surface area contributed by atoms with Gasteiger partial charge in [0.05, 0.1) is 5.52 Å². The molecule has 0 atom stereocenters. The molecule has 0 fully saturated rings. The summed E-state index contributed by atoms with van der Waals surface area (Å²) in [5.74, 6) is -1.67. The monoisotopic (exact) mass is 312 g/mol. The fourth-order valence-corrected chi connectivity index (χ4v) is 2.05. The van der Waals surface area contributed by atoms with Crippen LogP contribution < -0.4 is 16.6 Å². The Bertz CT molecular complexity index is 914. The largest absolute Gasteiger partial charge is 0.420 e. The van der Waals surface area contributed by atoms with Crippen LogP contribution in [0.15, 0.2) is 58.0 Å². The van der Waals surface area contributed by atoms with E-state index in [0.717, 1.165) is 0 Å². The first kappa shape index (κ1) is 14.5. The van der Waals surface area contributed by atoms with E-state index in [9.17, 15) is 14.4 Å². The number of amides is 2. The molecule has 2 amide bonds. The standard InChI is InChI=1S/C15H12N4O4/c20-13(17-18-14(21)10-5-7-16-8-6-10)9-19-11-3-1-2-4-12(11)23-15(19)22/h1-8H,9H2,(H,17,20)(H,18,21). The van der Waals surface area contributed by atoms with Crippen LogP contribution in [-0.2, 0) is 11.3 Å². The first-order chi connectivity index (χ1) is 11.1. The lowest BCUT2D eigenvalue weighted by atomic mass is 10.3. The molecule has 3 aromatic rings. The number of nitrogens with zero attached hydrogens (tertiary/aromatic N) is 2. The Balaban J connectivity index is 1.66. The van der Waals surface area contributed by atoms with Crippen molar-refractivity contribution in [3.05, 3.63) is 64.9 Å². The topological polar surface area (TPSA) is 106 Å². The number of hydrogen-bond acceptors (Lipinski definition) is 5. The van der Waals surface area contributed by atoms with Crippen molar-refractivity contribution in [2.45, 2.75) is 6.54 Å². The molecule has 0 bridgehead atoms. The van der Waals surface area contributed by atoms with E-state index < -0.39 is 17.6 Å². The van der Waals surface area contributed by atoms with E-state index in [1.54, 1.807) is 24.3 Å². The molecule has 0 saturated carbocycles. The third-order valence-electron chi connectivity index (χ3n) is 3.13. The number of aromatic nitrogens is 2. The second kappa shape index (κ2) is 6.14. The number of pyridine rings is 1. The van der Waals surface area contributed by atoms with Gasteiger partial charge in [0, 0.05) is 18.0 Å². The van der Waals surface area contributed by atoms with Crippen molar-refractivity contribution < 1.29 is 14.0 Å². The van der Waals surface area contributed by atoms with Gasteiger partial charge in [0.15, 0.2) is 5.58 Å². The van der Waals surface area contributed by atoms with Crippen molar-refractivity contribution in [1.82, 2.24) is 20.4 Å². The summed E-state index contributed by atoms with van der Waals surface area (Å²) in [7, 11) is 0. The van der Waals surface area contributed by atoms with Crippen molar-refractivity contribution in [2.75, 3.05) is 0 Å². The van der Waals surface area contributed by atoms with Crippen LogP contribution in [0.5, 0.6) is 0 Å². The number of hydrazine groups is 1. The summed E-state index contributed by atoms with van der Waals surface area (Å²) in [6, 6.07) is 9.78. The Kier molecular flexibility index (Phi) is 3.88. The zero-order valence-electron chi connectivity index (χ0n) is 11.9. The first-order valence-corrected chi connectivity index (χ1v) is 6.73. The summed E-state index contributed by atoms with van der Waals surface area (Å²) in [6.07, 6.45) is 2.93. The first-order valence-electron chi connectivity index (χ1n) is 6.73. The van der Waals surface area contributed by atoms with Gasteiger partial charge < -0.3 is 4.42 Å². The summed E-state index contributed by atoms with van der Waals surface area (Å²) in [5, 5.41) is 0. The second-order valence-electron chi connectivity index (χ2n) is 4.66. The summed E-state index contributed by atoms with van der Waals surface area (Å²) in [5.41, 5.74) is 5.77. The summed E-state index contributed by atoms with van der Waals surface area (Å²) in [6.45, 7) is -0.271. The molecule has 116 valence electrons. The number of oxazole rings is 1. The van der Waals surface area contributed by atoms with Crippen molar-refractivity contribution in [1.29, 1.82) is 0 Å². The number of hydrogen-bond donors (Lipinski definition) is 2. The molecule has 0 saturated heterocycles. The minimum absolute atomic E-state index is 0.271. The smallest absolute Gasteiger partial charge is 0.408 e. The molecule has 0 radical (unpaired) electrons. The summed E-state index contributed by atoms with van der Waals surface area (Å²) >= 11 is 0. The van der Waals surface area contributed by atoms with E-state index in [0.29, 0.717) is 16.7 Å². The van der Waals surface area contributed by atoms with Gasteiger partial charge in [-0.15, -0.1) is 0 Å². The Morgan fingerprint density at radius 3 is 2.61 bits per heavy atom. The number of rotatable bonds is 3. The Labute approximate surface area is 129 Å². The molecule has 0 aliphatic heterocycles. The van der Waals surface area contributed by atoms with Gasteiger partial charge in [-0.2, -0.15) is 0 Å². The zero-order valence-corrected chi connectivity index (χ0v) is 11.9. The molecule has 2 N–H and O–H groups in total. The minimum Gasteiger partial charge on any atom is -0.408 e. The predicted octanol–water partition coefficient (Wildman–Crippen LogP) is 0.451. The number of carbonyl (C=O) groups excluding carboxylic acids is 2. The third-order valence-corrected chi connectivity index (χ3v) is 3.13. The Morgan fingerprint density at radius 2 is 1.83 bits per heavy atom. The lowest BCUT2D eigenvalue weighted by Crippen LogP contribution is -2.43. The average molecular weight is 312 g/mol. The number of nitrogens with one attached hydrogen (secondary N) is 2. The molecule has 3 rings (SSSR count). The molecule has 8 nitrogen and oxygen atoms in total. The predicted molar refractivity (Wildman–Crippen MR) is 80.3 cm³/mol. The zero-order chi connectivity index (χ0) is 16.2. The molecule has 2 heterocycles. The lowest BCUT2D eigenvalue weighted by molar-refractivity contribution is -0.122. The Hall–Kier alpha value is -3.42. The van der Waals surface area contributed by atoms with E-state index in [-0.39, 0.29) is 6.54 Å². The van der Waals surface area contributed by atoms with Gasteiger partial charge in [0.25, 0.3) is 11.8 Å². The lowest BCUT2D eigenvalue weighted by Gasteiger charge is -2.07. The van der Waals surface area contributed by atoms with Crippen LogP contribution in [-0.4, -0.2) is 21.4 Å². The van der Waals surface area contributed by atoms with E-state index in [1.807, 2.05) is 0 Å². The van der Waals surface area contributed by atoms with Gasteiger partial charge >= 0.3 is 5.76 Å². The van der Waals surface area contributed by atoms with Crippen LogP contribution in [0.3, 0.4) is 0 Å². The van der Waals surface area contributed by atoms with Gasteiger partial charge in [-0.3, -0.25) is 30.0 Å². The van der Waals surface area contributed by atoms with Crippen LogP contribution >= 0.6 is 0 Å². The molecule has 0 unspecified atom stereocenters. The molecule has 23 heavy (non-hydrogen) atoms. The maximum absolute atomic E-state index is 11.9. The highest BCUT2D eigenvalue weighted by atomic mass is 16.4.